The maximum Gasteiger partial charge on any atom is 0.222 e. The third-order valence-electron chi connectivity index (χ3n) is 5.04. The van der Waals surface area contributed by atoms with Gasteiger partial charge in [-0.15, -0.1) is 0 Å². The number of aliphatic imine (C=N–C) groups is 1. The minimum Gasteiger partial charge on any atom is -0.491 e. The molecule has 0 spiro atoms. The van der Waals surface area contributed by atoms with Gasteiger partial charge in [0.25, 0.3) is 0 Å². The van der Waals surface area contributed by atoms with Crippen LogP contribution in [0.25, 0.3) is 0 Å². The molecular formula is C21H21F2NO2. The Kier molecular flexibility index (Phi) is 4.87. The summed E-state index contributed by atoms with van der Waals surface area (Å²) in [4.78, 5) is 4.27. The van der Waals surface area contributed by atoms with Crippen molar-refractivity contribution < 1.29 is 18.3 Å². The molecule has 1 unspecified atom stereocenters. The molecule has 0 radical (unpaired) electrons. The van der Waals surface area contributed by atoms with Crippen molar-refractivity contribution >= 4 is 5.90 Å². The van der Waals surface area contributed by atoms with Crippen LogP contribution in [-0.2, 0) is 4.74 Å². The first-order valence-electron chi connectivity index (χ1n) is 9.08. The van der Waals surface area contributed by atoms with Gasteiger partial charge in [-0.3, -0.25) is 0 Å². The SMILES string of the molecule is Fc1cccc(F)c1C1=NC(COc2ccc(C3CCCC3)cc2)CO1. The van der Waals surface area contributed by atoms with Crippen LogP contribution in [0.15, 0.2) is 47.5 Å². The van der Waals surface area contributed by atoms with E-state index in [0.29, 0.717) is 12.5 Å². The van der Waals surface area contributed by atoms with E-state index in [1.807, 2.05) is 12.1 Å². The third kappa shape index (κ3) is 3.57. The molecule has 1 aliphatic heterocycles. The van der Waals surface area contributed by atoms with Gasteiger partial charge >= 0.3 is 0 Å². The molecule has 1 heterocycles. The minimum atomic E-state index is -0.673. The maximum atomic E-state index is 13.8. The summed E-state index contributed by atoms with van der Waals surface area (Å²) in [7, 11) is 0. The predicted molar refractivity (Wildman–Crippen MR) is 95.8 cm³/mol. The van der Waals surface area contributed by atoms with Gasteiger partial charge in [0.1, 0.15) is 42.2 Å². The Labute approximate surface area is 151 Å². The first-order valence-corrected chi connectivity index (χ1v) is 9.08. The molecule has 0 N–H and O–H groups in total. The van der Waals surface area contributed by atoms with Crippen molar-refractivity contribution in [3.8, 4) is 5.75 Å². The van der Waals surface area contributed by atoms with Crippen LogP contribution in [0.1, 0.15) is 42.7 Å². The molecule has 4 rings (SSSR count). The second-order valence-electron chi connectivity index (χ2n) is 6.86. The van der Waals surface area contributed by atoms with Gasteiger partial charge in [0.15, 0.2) is 0 Å². The summed E-state index contributed by atoms with van der Waals surface area (Å²) in [5.74, 6) is 0.106. The van der Waals surface area contributed by atoms with E-state index in [4.69, 9.17) is 9.47 Å². The van der Waals surface area contributed by atoms with Crippen LogP contribution < -0.4 is 4.74 Å². The summed E-state index contributed by atoms with van der Waals surface area (Å²) in [6.45, 7) is 0.561. The van der Waals surface area contributed by atoms with Gasteiger partial charge < -0.3 is 9.47 Å². The van der Waals surface area contributed by atoms with E-state index in [0.717, 1.165) is 5.75 Å². The van der Waals surface area contributed by atoms with Crippen LogP contribution in [0.4, 0.5) is 8.78 Å². The zero-order chi connectivity index (χ0) is 17.9. The second kappa shape index (κ2) is 7.44. The van der Waals surface area contributed by atoms with Crippen molar-refractivity contribution in [3.05, 3.63) is 65.2 Å². The molecule has 0 aromatic heterocycles. The quantitative estimate of drug-likeness (QED) is 0.766. The summed E-state index contributed by atoms with van der Waals surface area (Å²) < 4.78 is 38.8. The Balaban J connectivity index is 1.37. The topological polar surface area (TPSA) is 30.8 Å². The summed E-state index contributed by atoms with van der Waals surface area (Å²) in [6.07, 6.45) is 5.16. The van der Waals surface area contributed by atoms with Crippen molar-refractivity contribution in [3.63, 3.8) is 0 Å². The highest BCUT2D eigenvalue weighted by Crippen LogP contribution is 2.34. The van der Waals surface area contributed by atoms with Crippen molar-refractivity contribution in [1.82, 2.24) is 0 Å². The van der Waals surface area contributed by atoms with Gasteiger partial charge in [0.2, 0.25) is 5.90 Å². The van der Waals surface area contributed by atoms with Crippen LogP contribution in [0.2, 0.25) is 0 Å². The molecule has 1 fully saturated rings. The lowest BCUT2D eigenvalue weighted by atomic mass is 9.98. The van der Waals surface area contributed by atoms with Gasteiger partial charge in [-0.1, -0.05) is 31.0 Å². The fraction of sp³-hybridized carbons (Fsp3) is 0.381. The lowest BCUT2D eigenvalue weighted by molar-refractivity contribution is 0.242. The van der Waals surface area contributed by atoms with E-state index in [9.17, 15) is 8.78 Å². The molecule has 1 saturated carbocycles. The Morgan fingerprint density at radius 2 is 1.69 bits per heavy atom. The second-order valence-corrected chi connectivity index (χ2v) is 6.86. The van der Waals surface area contributed by atoms with E-state index in [2.05, 4.69) is 17.1 Å². The normalized spacial score (nSPS) is 20.1. The minimum absolute atomic E-state index is 0.00535. The molecule has 2 aromatic carbocycles. The molecule has 1 aliphatic carbocycles. The van der Waals surface area contributed by atoms with Gasteiger partial charge in [0, 0.05) is 0 Å². The first-order chi connectivity index (χ1) is 12.7. The van der Waals surface area contributed by atoms with Crippen molar-refractivity contribution in [2.75, 3.05) is 13.2 Å². The Morgan fingerprint density at radius 3 is 2.38 bits per heavy atom. The smallest absolute Gasteiger partial charge is 0.222 e. The largest absolute Gasteiger partial charge is 0.491 e. The lowest BCUT2D eigenvalue weighted by Crippen LogP contribution is -2.17. The highest BCUT2D eigenvalue weighted by molar-refractivity contribution is 5.95. The molecule has 3 nitrogen and oxygen atoms in total. The molecule has 2 aromatic rings. The number of hydrogen-bond acceptors (Lipinski definition) is 3. The standard InChI is InChI=1S/C21H21F2NO2/c22-18-6-3-7-19(23)20(18)21-24-16(13-26-21)12-25-17-10-8-15(9-11-17)14-4-1-2-5-14/h3,6-11,14,16H,1-2,4-5,12-13H2. The highest BCUT2D eigenvalue weighted by Gasteiger charge is 2.25. The van der Waals surface area contributed by atoms with Crippen molar-refractivity contribution in [1.29, 1.82) is 0 Å². The van der Waals surface area contributed by atoms with Crippen LogP contribution in [-0.4, -0.2) is 25.2 Å². The van der Waals surface area contributed by atoms with E-state index in [1.165, 1.54) is 49.4 Å². The zero-order valence-corrected chi connectivity index (χ0v) is 14.5. The van der Waals surface area contributed by atoms with E-state index < -0.39 is 11.6 Å². The Hall–Kier alpha value is -2.43. The van der Waals surface area contributed by atoms with Crippen molar-refractivity contribution in [2.24, 2.45) is 4.99 Å². The molecule has 136 valence electrons. The zero-order valence-electron chi connectivity index (χ0n) is 14.5. The van der Waals surface area contributed by atoms with Crippen LogP contribution >= 0.6 is 0 Å². The number of rotatable bonds is 5. The maximum absolute atomic E-state index is 13.8. The van der Waals surface area contributed by atoms with Gasteiger partial charge in [0.05, 0.1) is 0 Å². The third-order valence-corrected chi connectivity index (χ3v) is 5.04. The van der Waals surface area contributed by atoms with E-state index in [-0.39, 0.29) is 24.1 Å². The first kappa shape index (κ1) is 17.0. The van der Waals surface area contributed by atoms with Gasteiger partial charge in [-0.05, 0) is 48.6 Å². The van der Waals surface area contributed by atoms with Gasteiger partial charge in [-0.25, -0.2) is 13.8 Å². The number of benzene rings is 2. The van der Waals surface area contributed by atoms with E-state index >= 15 is 0 Å². The summed E-state index contributed by atoms with van der Waals surface area (Å²) >= 11 is 0. The van der Waals surface area contributed by atoms with Crippen LogP contribution in [0, 0.1) is 11.6 Å². The summed E-state index contributed by atoms with van der Waals surface area (Å²) in [5, 5.41) is 0. The average Bonchev–Trinajstić information content (AvgIpc) is 3.33. The predicted octanol–water partition coefficient (Wildman–Crippen LogP) is 4.85. The molecule has 5 heteroatoms. The summed E-state index contributed by atoms with van der Waals surface area (Å²) in [5.41, 5.74) is 1.16. The highest BCUT2D eigenvalue weighted by atomic mass is 19.1. The molecule has 2 aliphatic rings. The number of ether oxygens (including phenoxy) is 2. The molecule has 0 bridgehead atoms. The fourth-order valence-electron chi connectivity index (χ4n) is 3.63. The molecule has 0 amide bonds. The molecule has 0 saturated heterocycles. The van der Waals surface area contributed by atoms with Gasteiger partial charge in [-0.2, -0.15) is 0 Å². The van der Waals surface area contributed by atoms with Crippen LogP contribution in [0.5, 0.6) is 5.75 Å². The van der Waals surface area contributed by atoms with Crippen LogP contribution in [0.3, 0.4) is 0 Å². The average molecular weight is 357 g/mol. The molecular weight excluding hydrogens is 336 g/mol. The monoisotopic (exact) mass is 357 g/mol. The Morgan fingerprint density at radius 1 is 1.00 bits per heavy atom. The van der Waals surface area contributed by atoms with Crippen molar-refractivity contribution in [2.45, 2.75) is 37.6 Å². The number of hydrogen-bond donors (Lipinski definition) is 0. The fourth-order valence-corrected chi connectivity index (χ4v) is 3.63. The molecule has 1 atom stereocenters. The van der Waals surface area contributed by atoms with E-state index in [1.54, 1.807) is 0 Å². The summed E-state index contributed by atoms with van der Waals surface area (Å²) in [6, 6.07) is 11.6. The Bertz CT molecular complexity index is 778. The molecule has 26 heavy (non-hydrogen) atoms. The number of halogens is 2. The lowest BCUT2D eigenvalue weighted by Gasteiger charge is -2.12. The number of nitrogens with zero attached hydrogens (tertiary/aromatic N) is 1.